The average Bonchev–Trinajstić information content (AvgIpc) is 3.41. The van der Waals surface area contributed by atoms with Crippen LogP contribution in [0.2, 0.25) is 0 Å². The number of hydrogen-bond acceptors (Lipinski definition) is 6. The summed E-state index contributed by atoms with van der Waals surface area (Å²) in [6.07, 6.45) is 3.12. The topological polar surface area (TPSA) is 109 Å². The summed E-state index contributed by atoms with van der Waals surface area (Å²) in [5.41, 5.74) is 1.85. The third-order valence-electron chi connectivity index (χ3n) is 5.72. The molecule has 0 aliphatic heterocycles. The highest BCUT2D eigenvalue weighted by Crippen LogP contribution is 2.45. The highest BCUT2D eigenvalue weighted by molar-refractivity contribution is 7.16. The minimum atomic E-state index is -1.09. The van der Waals surface area contributed by atoms with Crippen LogP contribution >= 0.6 is 11.3 Å². The van der Waals surface area contributed by atoms with Crippen LogP contribution in [-0.2, 0) is 12.6 Å². The van der Waals surface area contributed by atoms with Gasteiger partial charge < -0.3 is 24.7 Å². The number of pyridine rings is 2. The van der Waals surface area contributed by atoms with Gasteiger partial charge in [-0.25, -0.2) is 0 Å². The van der Waals surface area contributed by atoms with Crippen LogP contribution in [0.5, 0.6) is 5.75 Å². The molecular formula is C25H28N4O4S. The Bertz CT molecular complexity index is 1440. The smallest absolute Gasteiger partial charge is 0.274 e. The van der Waals surface area contributed by atoms with Crippen molar-refractivity contribution in [3.63, 3.8) is 0 Å². The van der Waals surface area contributed by atoms with E-state index in [1.165, 1.54) is 23.0 Å². The van der Waals surface area contributed by atoms with Crippen LogP contribution in [0, 0.1) is 6.92 Å². The normalized spacial score (nSPS) is 12.7. The van der Waals surface area contributed by atoms with Crippen molar-refractivity contribution >= 4 is 28.1 Å². The molecule has 4 aromatic heterocycles. The van der Waals surface area contributed by atoms with Crippen LogP contribution in [0.1, 0.15) is 53.5 Å². The Morgan fingerprint density at radius 3 is 2.74 bits per heavy atom. The number of nitrogens with one attached hydrogen (secondary N) is 2. The SMILES string of the molecule is CNC(=O)c1cc2c(-c3sc(C(C)(C)O)cc3OC(C)c3ncccc3C)cn(C)c(=O)c2[nH]1. The monoisotopic (exact) mass is 480 g/mol. The number of amides is 1. The van der Waals surface area contributed by atoms with Gasteiger partial charge in [-0.1, -0.05) is 6.07 Å². The van der Waals surface area contributed by atoms with Gasteiger partial charge in [0.2, 0.25) is 0 Å². The van der Waals surface area contributed by atoms with Crippen molar-refractivity contribution in [3.8, 4) is 16.2 Å². The fraction of sp³-hybridized carbons (Fsp3) is 0.320. The van der Waals surface area contributed by atoms with E-state index in [1.54, 1.807) is 39.4 Å². The molecule has 0 radical (unpaired) electrons. The Morgan fingerprint density at radius 2 is 2.09 bits per heavy atom. The molecule has 1 unspecified atom stereocenters. The van der Waals surface area contributed by atoms with Gasteiger partial charge in [0.15, 0.2) is 0 Å². The molecule has 178 valence electrons. The molecule has 4 rings (SSSR count). The lowest BCUT2D eigenvalue weighted by molar-refractivity contribution is 0.0821. The standard InChI is InChI=1S/C25H28N4O4S/c1-13-8-7-9-27-20(13)14(2)33-18-11-19(25(3,4)32)34-22(18)16-12-29(6)24(31)21-15(16)10-17(28-21)23(30)26-5/h7-12,14,28,32H,1-6H3,(H,26,30). The first-order valence-corrected chi connectivity index (χ1v) is 11.7. The Labute approximate surface area is 201 Å². The zero-order chi connectivity index (χ0) is 24.8. The summed E-state index contributed by atoms with van der Waals surface area (Å²) in [5.74, 6) is 0.255. The Kier molecular flexibility index (Phi) is 6.09. The van der Waals surface area contributed by atoms with E-state index in [0.717, 1.165) is 21.7 Å². The van der Waals surface area contributed by atoms with E-state index >= 15 is 0 Å². The number of aliphatic hydroxyl groups is 1. The summed E-state index contributed by atoms with van der Waals surface area (Å²) in [4.78, 5) is 34.0. The predicted molar refractivity (Wildman–Crippen MR) is 134 cm³/mol. The second-order valence-corrected chi connectivity index (χ2v) is 9.89. The van der Waals surface area contributed by atoms with Gasteiger partial charge in [-0.05, 0) is 51.5 Å². The number of aryl methyl sites for hydroxylation is 2. The lowest BCUT2D eigenvalue weighted by atomic mass is 10.1. The third kappa shape index (κ3) is 4.24. The zero-order valence-corrected chi connectivity index (χ0v) is 20.8. The maximum absolute atomic E-state index is 12.8. The molecule has 8 nitrogen and oxygen atoms in total. The van der Waals surface area contributed by atoms with Crippen LogP contribution in [-0.4, -0.2) is 32.6 Å². The molecule has 1 atom stereocenters. The Morgan fingerprint density at radius 1 is 1.35 bits per heavy atom. The van der Waals surface area contributed by atoms with E-state index in [-0.39, 0.29) is 17.6 Å². The number of aromatic amines is 1. The largest absolute Gasteiger partial charge is 0.483 e. The van der Waals surface area contributed by atoms with E-state index in [2.05, 4.69) is 15.3 Å². The van der Waals surface area contributed by atoms with Gasteiger partial charge in [0.25, 0.3) is 11.5 Å². The maximum atomic E-state index is 12.8. The third-order valence-corrected chi connectivity index (χ3v) is 7.18. The maximum Gasteiger partial charge on any atom is 0.274 e. The van der Waals surface area contributed by atoms with E-state index in [0.29, 0.717) is 27.2 Å². The van der Waals surface area contributed by atoms with Gasteiger partial charge >= 0.3 is 0 Å². The summed E-state index contributed by atoms with van der Waals surface area (Å²) in [5, 5.41) is 13.9. The number of carbonyl (C=O) groups excluding carboxylic acids is 1. The molecule has 4 aromatic rings. The van der Waals surface area contributed by atoms with Crippen molar-refractivity contribution in [1.29, 1.82) is 0 Å². The van der Waals surface area contributed by atoms with Crippen LogP contribution in [0.4, 0.5) is 0 Å². The van der Waals surface area contributed by atoms with Gasteiger partial charge in [-0.15, -0.1) is 11.3 Å². The lowest BCUT2D eigenvalue weighted by Gasteiger charge is -2.17. The predicted octanol–water partition coefficient (Wildman–Crippen LogP) is 4.03. The molecule has 0 fully saturated rings. The molecule has 34 heavy (non-hydrogen) atoms. The van der Waals surface area contributed by atoms with E-state index < -0.39 is 5.60 Å². The molecule has 0 aliphatic rings. The minimum absolute atomic E-state index is 0.242. The van der Waals surface area contributed by atoms with Crippen molar-refractivity contribution in [2.75, 3.05) is 7.05 Å². The average molecular weight is 481 g/mol. The molecule has 0 aromatic carbocycles. The highest BCUT2D eigenvalue weighted by atomic mass is 32.1. The number of thiophene rings is 1. The van der Waals surface area contributed by atoms with Gasteiger partial charge in [0, 0.05) is 42.3 Å². The highest BCUT2D eigenvalue weighted by Gasteiger charge is 2.27. The van der Waals surface area contributed by atoms with Crippen LogP contribution < -0.4 is 15.6 Å². The fourth-order valence-electron chi connectivity index (χ4n) is 3.89. The number of aromatic nitrogens is 3. The summed E-state index contributed by atoms with van der Waals surface area (Å²) < 4.78 is 7.87. The number of H-pyrrole nitrogens is 1. The number of fused-ring (bicyclic) bond motifs is 1. The quantitative estimate of drug-likeness (QED) is 0.386. The molecule has 0 aliphatic carbocycles. The number of ether oxygens (including phenoxy) is 1. The van der Waals surface area contributed by atoms with Crippen LogP contribution in [0.3, 0.4) is 0 Å². The second-order valence-electron chi connectivity index (χ2n) is 8.84. The zero-order valence-electron chi connectivity index (χ0n) is 20.0. The Balaban J connectivity index is 1.92. The van der Waals surface area contributed by atoms with Crippen molar-refractivity contribution in [3.05, 3.63) is 68.8 Å². The fourth-order valence-corrected chi connectivity index (χ4v) is 5.01. The summed E-state index contributed by atoms with van der Waals surface area (Å²) in [6, 6.07) is 7.36. The van der Waals surface area contributed by atoms with Crippen LogP contribution in [0.15, 0.2) is 41.5 Å². The first-order chi connectivity index (χ1) is 16.0. The summed E-state index contributed by atoms with van der Waals surface area (Å²) in [6.45, 7) is 7.34. The molecule has 1 amide bonds. The molecule has 4 heterocycles. The molecule has 0 saturated carbocycles. The molecule has 0 saturated heterocycles. The Hall–Kier alpha value is -3.43. The van der Waals surface area contributed by atoms with Crippen LogP contribution in [0.25, 0.3) is 21.3 Å². The number of rotatable bonds is 6. The van der Waals surface area contributed by atoms with Crippen molar-refractivity contribution < 1.29 is 14.6 Å². The first kappa shape index (κ1) is 23.7. The van der Waals surface area contributed by atoms with E-state index in [1.807, 2.05) is 32.0 Å². The lowest BCUT2D eigenvalue weighted by Crippen LogP contribution is -2.19. The minimum Gasteiger partial charge on any atom is -0.483 e. The summed E-state index contributed by atoms with van der Waals surface area (Å²) in [7, 11) is 3.20. The van der Waals surface area contributed by atoms with Gasteiger partial charge in [0.1, 0.15) is 23.1 Å². The molecule has 3 N–H and O–H groups in total. The number of hydrogen-bond donors (Lipinski definition) is 3. The first-order valence-electron chi connectivity index (χ1n) is 10.9. The summed E-state index contributed by atoms with van der Waals surface area (Å²) >= 11 is 1.39. The molecule has 0 bridgehead atoms. The molecule has 9 heteroatoms. The number of carbonyl (C=O) groups is 1. The van der Waals surface area contributed by atoms with Gasteiger partial charge in [-0.3, -0.25) is 14.6 Å². The van der Waals surface area contributed by atoms with E-state index in [9.17, 15) is 14.7 Å². The van der Waals surface area contributed by atoms with E-state index in [4.69, 9.17) is 4.74 Å². The molecule has 0 spiro atoms. The second kappa shape index (κ2) is 8.73. The van der Waals surface area contributed by atoms with Crippen molar-refractivity contribution in [2.45, 2.75) is 39.4 Å². The number of nitrogens with zero attached hydrogens (tertiary/aromatic N) is 2. The van der Waals surface area contributed by atoms with Gasteiger partial charge in [-0.2, -0.15) is 0 Å². The van der Waals surface area contributed by atoms with Gasteiger partial charge in [0.05, 0.1) is 16.2 Å². The molecular weight excluding hydrogens is 452 g/mol. The van der Waals surface area contributed by atoms with Crippen molar-refractivity contribution in [2.24, 2.45) is 7.05 Å². The van der Waals surface area contributed by atoms with Crippen molar-refractivity contribution in [1.82, 2.24) is 19.9 Å².